The summed E-state index contributed by atoms with van der Waals surface area (Å²) < 4.78 is 18.3. The lowest BCUT2D eigenvalue weighted by molar-refractivity contribution is 0.192. The maximum Gasteiger partial charge on any atom is 0.123 e. The van der Waals surface area contributed by atoms with Crippen LogP contribution >= 0.6 is 0 Å². The number of aryl methyl sites for hydroxylation is 2. The maximum absolute atomic E-state index is 12.6. The molecule has 2 heteroatoms. The molecule has 0 saturated carbocycles. The molecular formula is C12H15FO. The molecule has 0 radical (unpaired) electrons. The van der Waals surface area contributed by atoms with E-state index < -0.39 is 6.67 Å². The van der Waals surface area contributed by atoms with Gasteiger partial charge in [-0.3, -0.25) is 0 Å². The summed E-state index contributed by atoms with van der Waals surface area (Å²) in [7, 11) is 0. The Morgan fingerprint density at radius 3 is 3.00 bits per heavy atom. The fraction of sp³-hybridized carbons (Fsp3) is 0.500. The molecule has 1 unspecified atom stereocenters. The van der Waals surface area contributed by atoms with Gasteiger partial charge in [-0.2, -0.15) is 0 Å². The van der Waals surface area contributed by atoms with Crippen molar-refractivity contribution in [2.24, 2.45) is 0 Å². The van der Waals surface area contributed by atoms with Crippen LogP contribution in [0.5, 0.6) is 5.75 Å². The Balaban J connectivity index is 2.41. The van der Waals surface area contributed by atoms with Gasteiger partial charge in [0.2, 0.25) is 0 Å². The maximum atomic E-state index is 12.6. The zero-order chi connectivity index (χ0) is 10.1. The van der Waals surface area contributed by atoms with Crippen LogP contribution in [0.25, 0.3) is 0 Å². The molecule has 1 aromatic rings. The van der Waals surface area contributed by atoms with Gasteiger partial charge in [0.1, 0.15) is 12.4 Å². The van der Waals surface area contributed by atoms with Crippen molar-refractivity contribution in [3.05, 3.63) is 28.8 Å². The quantitative estimate of drug-likeness (QED) is 0.667. The first-order valence-electron chi connectivity index (χ1n) is 5.05. The molecule has 2 rings (SSSR count). The van der Waals surface area contributed by atoms with E-state index in [1.54, 1.807) is 0 Å². The Morgan fingerprint density at radius 2 is 2.29 bits per heavy atom. The van der Waals surface area contributed by atoms with Gasteiger partial charge in [-0.1, -0.05) is 6.07 Å². The molecule has 0 N–H and O–H groups in total. The van der Waals surface area contributed by atoms with Crippen molar-refractivity contribution in [2.45, 2.75) is 39.5 Å². The molecule has 1 aliphatic heterocycles. The Bertz CT molecular complexity index is 346. The minimum absolute atomic E-state index is 0.262. The van der Waals surface area contributed by atoms with Crippen molar-refractivity contribution in [1.29, 1.82) is 0 Å². The molecule has 0 aromatic heterocycles. The van der Waals surface area contributed by atoms with Crippen LogP contribution < -0.4 is 4.74 Å². The molecule has 1 nitrogen and oxygen atoms in total. The molecule has 1 aromatic carbocycles. The monoisotopic (exact) mass is 194 g/mol. The number of rotatable bonds is 1. The normalized spacial score (nSPS) is 20.1. The van der Waals surface area contributed by atoms with E-state index in [0.29, 0.717) is 0 Å². The highest BCUT2D eigenvalue weighted by molar-refractivity contribution is 5.43. The molecule has 0 aliphatic carbocycles. The van der Waals surface area contributed by atoms with E-state index in [2.05, 4.69) is 13.0 Å². The van der Waals surface area contributed by atoms with E-state index in [0.717, 1.165) is 29.7 Å². The van der Waals surface area contributed by atoms with Crippen molar-refractivity contribution in [1.82, 2.24) is 0 Å². The molecule has 76 valence electrons. The fourth-order valence-electron chi connectivity index (χ4n) is 1.87. The van der Waals surface area contributed by atoms with Gasteiger partial charge in [0.15, 0.2) is 0 Å². The Kier molecular flexibility index (Phi) is 2.44. The van der Waals surface area contributed by atoms with Crippen LogP contribution in [-0.4, -0.2) is 6.10 Å². The summed E-state index contributed by atoms with van der Waals surface area (Å²) in [5.74, 6) is 0.877. The average Bonchev–Trinajstić information content (AvgIpc) is 2.17. The van der Waals surface area contributed by atoms with Crippen LogP contribution in [-0.2, 0) is 13.1 Å². The average molecular weight is 194 g/mol. The number of hydrogen-bond donors (Lipinski definition) is 0. The Morgan fingerprint density at radius 1 is 1.50 bits per heavy atom. The third-order valence-corrected chi connectivity index (χ3v) is 2.81. The van der Waals surface area contributed by atoms with Gasteiger partial charge in [0.05, 0.1) is 6.10 Å². The molecule has 0 amide bonds. The van der Waals surface area contributed by atoms with Crippen LogP contribution in [0.15, 0.2) is 12.1 Å². The number of fused-ring (bicyclic) bond motifs is 1. The predicted octanol–water partition coefficient (Wildman–Crippen LogP) is 3.18. The molecule has 1 atom stereocenters. The molecule has 0 fully saturated rings. The predicted molar refractivity (Wildman–Crippen MR) is 54.4 cm³/mol. The van der Waals surface area contributed by atoms with Crippen molar-refractivity contribution < 1.29 is 9.13 Å². The van der Waals surface area contributed by atoms with E-state index >= 15 is 0 Å². The summed E-state index contributed by atoms with van der Waals surface area (Å²) in [6.07, 6.45) is 2.36. The third-order valence-electron chi connectivity index (χ3n) is 2.81. The number of benzene rings is 1. The molecule has 0 spiro atoms. The van der Waals surface area contributed by atoms with E-state index in [9.17, 15) is 4.39 Å². The first-order chi connectivity index (χ1) is 6.70. The topological polar surface area (TPSA) is 9.23 Å². The van der Waals surface area contributed by atoms with Gasteiger partial charge < -0.3 is 4.74 Å². The highest BCUT2D eigenvalue weighted by Crippen LogP contribution is 2.30. The first-order valence-corrected chi connectivity index (χ1v) is 5.05. The van der Waals surface area contributed by atoms with Gasteiger partial charge in [0, 0.05) is 0 Å². The van der Waals surface area contributed by atoms with E-state index in [1.807, 2.05) is 13.0 Å². The van der Waals surface area contributed by atoms with Gasteiger partial charge >= 0.3 is 0 Å². The molecule has 0 bridgehead atoms. The minimum atomic E-state index is -0.406. The lowest BCUT2D eigenvalue weighted by Crippen LogP contribution is -2.19. The van der Waals surface area contributed by atoms with Gasteiger partial charge in [-0.15, -0.1) is 0 Å². The van der Waals surface area contributed by atoms with Crippen LogP contribution in [0.3, 0.4) is 0 Å². The largest absolute Gasteiger partial charge is 0.490 e. The van der Waals surface area contributed by atoms with Gasteiger partial charge in [0.25, 0.3) is 0 Å². The highest BCUT2D eigenvalue weighted by atomic mass is 19.1. The lowest BCUT2D eigenvalue weighted by Gasteiger charge is -2.24. The number of halogens is 1. The van der Waals surface area contributed by atoms with Crippen LogP contribution in [0.4, 0.5) is 4.39 Å². The summed E-state index contributed by atoms with van der Waals surface area (Å²) in [5, 5.41) is 0. The van der Waals surface area contributed by atoms with Crippen LogP contribution in [0, 0.1) is 6.92 Å². The van der Waals surface area contributed by atoms with Crippen molar-refractivity contribution in [2.75, 3.05) is 0 Å². The second kappa shape index (κ2) is 3.60. The fourth-order valence-corrected chi connectivity index (χ4v) is 1.87. The molecule has 1 aliphatic rings. The zero-order valence-electron chi connectivity index (χ0n) is 8.64. The minimum Gasteiger partial charge on any atom is -0.490 e. The van der Waals surface area contributed by atoms with Crippen molar-refractivity contribution in [3.63, 3.8) is 0 Å². The Hall–Kier alpha value is -1.05. The number of ether oxygens (including phenoxy) is 1. The third kappa shape index (κ3) is 1.61. The van der Waals surface area contributed by atoms with Gasteiger partial charge in [-0.05, 0) is 49.4 Å². The van der Waals surface area contributed by atoms with Crippen LogP contribution in [0.1, 0.15) is 30.0 Å². The van der Waals surface area contributed by atoms with Crippen LogP contribution in [0.2, 0.25) is 0 Å². The number of hydrogen-bond acceptors (Lipinski definition) is 1. The Labute approximate surface area is 83.9 Å². The molecule has 1 heterocycles. The second-order valence-electron chi connectivity index (χ2n) is 3.99. The summed E-state index contributed by atoms with van der Waals surface area (Å²) in [6.45, 7) is 3.60. The highest BCUT2D eigenvalue weighted by Gasteiger charge is 2.17. The summed E-state index contributed by atoms with van der Waals surface area (Å²) in [4.78, 5) is 0. The smallest absolute Gasteiger partial charge is 0.123 e. The SMILES string of the molecule is Cc1cc2c(cc1CF)OC(C)CC2. The van der Waals surface area contributed by atoms with Crippen molar-refractivity contribution in [3.8, 4) is 5.75 Å². The van der Waals surface area contributed by atoms with E-state index in [4.69, 9.17) is 4.74 Å². The van der Waals surface area contributed by atoms with Crippen molar-refractivity contribution >= 4 is 0 Å². The number of alkyl halides is 1. The second-order valence-corrected chi connectivity index (χ2v) is 3.99. The zero-order valence-corrected chi connectivity index (χ0v) is 8.64. The van der Waals surface area contributed by atoms with Gasteiger partial charge in [-0.25, -0.2) is 4.39 Å². The summed E-state index contributed by atoms with van der Waals surface area (Å²) in [5.41, 5.74) is 3.00. The summed E-state index contributed by atoms with van der Waals surface area (Å²) in [6, 6.07) is 3.90. The lowest BCUT2D eigenvalue weighted by atomic mass is 9.98. The molecule has 0 saturated heterocycles. The molecule has 14 heavy (non-hydrogen) atoms. The standard InChI is InChI=1S/C12H15FO/c1-8-5-10-4-3-9(2)14-12(10)6-11(8)7-13/h5-6,9H,3-4,7H2,1-2H3. The van der Waals surface area contributed by atoms with E-state index in [1.165, 1.54) is 5.56 Å². The first kappa shape index (κ1) is 9.50. The molecular weight excluding hydrogens is 179 g/mol. The summed E-state index contributed by atoms with van der Waals surface area (Å²) >= 11 is 0. The van der Waals surface area contributed by atoms with E-state index in [-0.39, 0.29) is 6.10 Å².